The van der Waals surface area contributed by atoms with E-state index >= 15 is 0 Å². The third kappa shape index (κ3) is 2.01. The molecule has 0 fully saturated rings. The minimum atomic E-state index is 0.268. The Bertz CT molecular complexity index is 383. The molecule has 0 aliphatic rings. The van der Waals surface area contributed by atoms with Gasteiger partial charge in [-0.2, -0.15) is 0 Å². The van der Waals surface area contributed by atoms with E-state index in [4.69, 9.17) is 14.9 Å². The number of nitrogen functional groups attached to an aromatic ring is 1. The topological polar surface area (TPSA) is 74.2 Å². The Hall–Kier alpha value is -2.04. The lowest BCUT2D eigenvalue weighted by molar-refractivity contribution is 0.254. The summed E-state index contributed by atoms with van der Waals surface area (Å²) in [6.07, 6.45) is 4.59. The molecule has 72 valence electrons. The summed E-state index contributed by atoms with van der Waals surface area (Å²) in [5.74, 6) is 1.01. The summed E-state index contributed by atoms with van der Waals surface area (Å²) in [7, 11) is 0. The number of anilines is 1. The van der Waals surface area contributed by atoms with Crippen LogP contribution in [-0.2, 0) is 6.61 Å². The summed E-state index contributed by atoms with van der Waals surface area (Å²) in [6.45, 7) is 0.268. The van der Waals surface area contributed by atoms with Crippen LogP contribution in [0.25, 0.3) is 0 Å². The van der Waals surface area contributed by atoms with Gasteiger partial charge in [0.1, 0.15) is 6.26 Å². The van der Waals surface area contributed by atoms with E-state index in [0.717, 1.165) is 0 Å². The van der Waals surface area contributed by atoms with E-state index in [0.29, 0.717) is 17.5 Å². The molecule has 2 heterocycles. The van der Waals surface area contributed by atoms with Crippen LogP contribution in [-0.4, -0.2) is 9.97 Å². The van der Waals surface area contributed by atoms with E-state index < -0.39 is 0 Å². The van der Waals surface area contributed by atoms with Gasteiger partial charge in [-0.15, -0.1) is 0 Å². The number of nitrogens with two attached hydrogens (primary N) is 1. The number of nitrogens with zero attached hydrogens (tertiary/aromatic N) is 2. The number of pyridine rings is 1. The van der Waals surface area contributed by atoms with E-state index in [1.807, 2.05) is 0 Å². The van der Waals surface area contributed by atoms with Gasteiger partial charge in [-0.1, -0.05) is 0 Å². The van der Waals surface area contributed by atoms with Crippen LogP contribution in [0.2, 0.25) is 0 Å². The molecule has 0 saturated heterocycles. The molecule has 0 aliphatic heterocycles. The zero-order valence-electron chi connectivity index (χ0n) is 7.38. The Morgan fingerprint density at radius 3 is 2.93 bits per heavy atom. The number of aromatic nitrogens is 2. The molecule has 0 unspecified atom stereocenters. The zero-order chi connectivity index (χ0) is 9.80. The first kappa shape index (κ1) is 8.55. The predicted octanol–water partition coefficient (Wildman–Crippen LogP) is 1.23. The highest BCUT2D eigenvalue weighted by atomic mass is 16.5. The molecule has 0 bridgehead atoms. The fraction of sp³-hybridized carbons (Fsp3) is 0.111. The first-order valence-corrected chi connectivity index (χ1v) is 4.07. The Kier molecular flexibility index (Phi) is 2.31. The van der Waals surface area contributed by atoms with E-state index in [9.17, 15) is 0 Å². The molecular formula is C9H9N3O2. The highest BCUT2D eigenvalue weighted by molar-refractivity contribution is 5.35. The second-order valence-electron chi connectivity index (χ2n) is 2.64. The number of rotatable bonds is 3. The molecule has 5 heteroatoms. The van der Waals surface area contributed by atoms with E-state index in [1.165, 1.54) is 12.5 Å². The number of hydrogen-bond acceptors (Lipinski definition) is 5. The van der Waals surface area contributed by atoms with Crippen molar-refractivity contribution in [1.82, 2.24) is 9.97 Å². The van der Waals surface area contributed by atoms with Crippen LogP contribution in [0.4, 0.5) is 5.69 Å². The molecular weight excluding hydrogens is 182 g/mol. The molecule has 0 aliphatic carbocycles. The summed E-state index contributed by atoms with van der Waals surface area (Å²) in [5.41, 5.74) is 6.07. The van der Waals surface area contributed by atoms with E-state index in [1.54, 1.807) is 18.3 Å². The monoisotopic (exact) mass is 191 g/mol. The Balaban J connectivity index is 1.95. The fourth-order valence-electron chi connectivity index (χ4n) is 0.937. The third-order valence-corrected chi connectivity index (χ3v) is 1.59. The minimum Gasteiger partial charge on any atom is -0.468 e. The standard InChI is InChI=1S/C9H9N3O2/c10-7-1-2-8(12-5-7)14-6-9-11-3-4-13-9/h1-5H,6,10H2. The molecule has 0 radical (unpaired) electrons. The van der Waals surface area contributed by atoms with Crippen LogP contribution >= 0.6 is 0 Å². The first-order chi connectivity index (χ1) is 6.84. The van der Waals surface area contributed by atoms with Gasteiger partial charge in [-0.3, -0.25) is 0 Å². The van der Waals surface area contributed by atoms with Gasteiger partial charge in [-0.25, -0.2) is 9.97 Å². The molecule has 5 nitrogen and oxygen atoms in total. The van der Waals surface area contributed by atoms with Crippen LogP contribution in [0.1, 0.15) is 5.89 Å². The van der Waals surface area contributed by atoms with Gasteiger partial charge in [0.25, 0.3) is 0 Å². The van der Waals surface area contributed by atoms with Crippen LogP contribution in [0, 0.1) is 0 Å². The van der Waals surface area contributed by atoms with Crippen LogP contribution < -0.4 is 10.5 Å². The SMILES string of the molecule is Nc1ccc(OCc2ncco2)nc1. The Morgan fingerprint density at radius 1 is 1.36 bits per heavy atom. The maximum atomic E-state index is 5.47. The van der Waals surface area contributed by atoms with Crippen molar-refractivity contribution in [2.45, 2.75) is 6.61 Å². The van der Waals surface area contributed by atoms with E-state index in [2.05, 4.69) is 9.97 Å². The first-order valence-electron chi connectivity index (χ1n) is 4.07. The molecule has 0 aromatic carbocycles. The second kappa shape index (κ2) is 3.78. The highest BCUT2D eigenvalue weighted by Gasteiger charge is 1.99. The van der Waals surface area contributed by atoms with Crippen molar-refractivity contribution in [3.63, 3.8) is 0 Å². The zero-order valence-corrected chi connectivity index (χ0v) is 7.38. The lowest BCUT2D eigenvalue weighted by atomic mass is 10.4. The van der Waals surface area contributed by atoms with Gasteiger partial charge in [-0.05, 0) is 6.07 Å². The third-order valence-electron chi connectivity index (χ3n) is 1.59. The van der Waals surface area contributed by atoms with Crippen molar-refractivity contribution >= 4 is 5.69 Å². The smallest absolute Gasteiger partial charge is 0.232 e. The van der Waals surface area contributed by atoms with Gasteiger partial charge >= 0.3 is 0 Å². The summed E-state index contributed by atoms with van der Waals surface area (Å²) in [6, 6.07) is 3.41. The lowest BCUT2D eigenvalue weighted by Crippen LogP contribution is -1.97. The summed E-state index contributed by atoms with van der Waals surface area (Å²) >= 11 is 0. The number of hydrogen-bond donors (Lipinski definition) is 1. The summed E-state index contributed by atoms with van der Waals surface area (Å²) < 4.78 is 10.3. The maximum Gasteiger partial charge on any atom is 0.232 e. The molecule has 2 aromatic rings. The van der Waals surface area contributed by atoms with Crippen molar-refractivity contribution in [2.75, 3.05) is 5.73 Å². The molecule has 2 aromatic heterocycles. The van der Waals surface area contributed by atoms with Crippen molar-refractivity contribution in [1.29, 1.82) is 0 Å². The molecule has 0 spiro atoms. The van der Waals surface area contributed by atoms with Gasteiger partial charge in [0.2, 0.25) is 11.8 Å². The van der Waals surface area contributed by atoms with Gasteiger partial charge in [0.15, 0.2) is 6.61 Å². The van der Waals surface area contributed by atoms with Crippen molar-refractivity contribution in [3.05, 3.63) is 36.7 Å². The summed E-state index contributed by atoms with van der Waals surface area (Å²) in [5, 5.41) is 0. The predicted molar refractivity (Wildman–Crippen MR) is 49.5 cm³/mol. The second-order valence-corrected chi connectivity index (χ2v) is 2.64. The van der Waals surface area contributed by atoms with Crippen LogP contribution in [0.15, 0.2) is 35.2 Å². The number of oxazole rings is 1. The van der Waals surface area contributed by atoms with Crippen LogP contribution in [0.5, 0.6) is 5.88 Å². The molecule has 2 N–H and O–H groups in total. The molecule has 0 amide bonds. The van der Waals surface area contributed by atoms with Crippen molar-refractivity contribution in [3.8, 4) is 5.88 Å². The van der Waals surface area contributed by atoms with E-state index in [-0.39, 0.29) is 6.61 Å². The average Bonchev–Trinajstić information content (AvgIpc) is 2.70. The summed E-state index contributed by atoms with van der Waals surface area (Å²) in [4.78, 5) is 7.87. The van der Waals surface area contributed by atoms with Gasteiger partial charge in [0, 0.05) is 6.07 Å². The van der Waals surface area contributed by atoms with Crippen molar-refractivity contribution in [2.24, 2.45) is 0 Å². The number of ether oxygens (including phenoxy) is 1. The molecule has 14 heavy (non-hydrogen) atoms. The fourth-order valence-corrected chi connectivity index (χ4v) is 0.937. The Labute approximate surface area is 80.5 Å². The maximum absolute atomic E-state index is 5.47. The molecule has 2 rings (SSSR count). The normalized spacial score (nSPS) is 10.0. The lowest BCUT2D eigenvalue weighted by Gasteiger charge is -2.01. The largest absolute Gasteiger partial charge is 0.468 e. The van der Waals surface area contributed by atoms with Gasteiger partial charge < -0.3 is 14.9 Å². The average molecular weight is 191 g/mol. The quantitative estimate of drug-likeness (QED) is 0.789. The molecule has 0 atom stereocenters. The molecule has 0 saturated carbocycles. The van der Waals surface area contributed by atoms with Crippen LogP contribution in [0.3, 0.4) is 0 Å². The Morgan fingerprint density at radius 2 is 2.29 bits per heavy atom. The van der Waals surface area contributed by atoms with Gasteiger partial charge in [0.05, 0.1) is 18.1 Å². The highest BCUT2D eigenvalue weighted by Crippen LogP contribution is 2.10. The minimum absolute atomic E-state index is 0.268. The van der Waals surface area contributed by atoms with Crippen molar-refractivity contribution < 1.29 is 9.15 Å².